The van der Waals surface area contributed by atoms with Crippen molar-refractivity contribution >= 4 is 13.7 Å². The SMILES string of the molecule is CC/C=C\C/C=C\C/C=C\CCCCCC(=O)NC(COP(=O)(O)OCC[N+](C)(C)C)C(O)/C=C/CC/C=C/CC/C=C/CCCCCCCCCCCCCC. The Balaban J connectivity index is 4.50. The summed E-state index contributed by atoms with van der Waals surface area (Å²) in [6.07, 6.45) is 52.8. The highest BCUT2D eigenvalue weighted by molar-refractivity contribution is 7.47. The Hall–Kier alpha value is -2.06. The number of phosphoric ester groups is 1. The van der Waals surface area contributed by atoms with E-state index in [0.29, 0.717) is 17.4 Å². The number of hydrogen-bond acceptors (Lipinski definition) is 5. The number of amides is 1. The first kappa shape index (κ1) is 54.9. The number of aliphatic hydroxyl groups is 1. The number of hydrogen-bond donors (Lipinski definition) is 3. The van der Waals surface area contributed by atoms with Gasteiger partial charge in [-0.2, -0.15) is 0 Å². The summed E-state index contributed by atoms with van der Waals surface area (Å²) in [5.74, 6) is -0.223. The van der Waals surface area contributed by atoms with Crippen molar-refractivity contribution in [3.8, 4) is 0 Å². The number of allylic oxidation sites excluding steroid dienone is 11. The van der Waals surface area contributed by atoms with Gasteiger partial charge in [-0.05, 0) is 77.0 Å². The molecule has 3 unspecified atom stereocenters. The van der Waals surface area contributed by atoms with Crippen molar-refractivity contribution in [3.05, 3.63) is 72.9 Å². The van der Waals surface area contributed by atoms with Crippen molar-refractivity contribution in [2.75, 3.05) is 40.9 Å². The van der Waals surface area contributed by atoms with E-state index in [2.05, 4.69) is 79.9 Å². The van der Waals surface area contributed by atoms with Crippen LogP contribution in [0.15, 0.2) is 72.9 Å². The maximum atomic E-state index is 12.8. The Morgan fingerprint density at radius 2 is 1.07 bits per heavy atom. The second kappa shape index (κ2) is 39.4. The molecule has 3 atom stereocenters. The minimum absolute atomic E-state index is 0.0442. The predicted octanol–water partition coefficient (Wildman–Crippen LogP) is 12.8. The molecule has 9 heteroatoms. The molecule has 0 bridgehead atoms. The standard InChI is InChI=1S/C48H87N2O6P/c1-6-8-10-12-14-16-18-20-21-22-23-24-25-26-27-28-30-31-33-35-37-39-41-47(51)46(45-56-57(53,54)55-44-43-50(3,4)5)49-48(52)42-40-38-36-34-32-29-19-17-15-13-11-9-7-2/h9,11,15,17,26-27,29,31-33,39,41,46-47,51H,6-8,10,12-14,16,18-25,28,30,34-38,40,42-45H2,1-5H3,(H-,49,52,53,54)/p+1/b11-9-,17-15-,27-26+,32-29-,33-31+,41-39+. The number of carbonyl (C=O) groups excluding carboxylic acids is 1. The van der Waals surface area contributed by atoms with Crippen molar-refractivity contribution in [3.63, 3.8) is 0 Å². The number of nitrogens with one attached hydrogen (secondary N) is 1. The lowest BCUT2D eigenvalue weighted by Gasteiger charge is -2.25. The number of unbranched alkanes of at least 4 members (excludes halogenated alkanes) is 17. The first-order valence-electron chi connectivity index (χ1n) is 22.8. The highest BCUT2D eigenvalue weighted by Crippen LogP contribution is 2.43. The smallest absolute Gasteiger partial charge is 0.387 e. The average Bonchev–Trinajstić information content (AvgIpc) is 3.16. The fourth-order valence-corrected chi connectivity index (χ4v) is 6.76. The van der Waals surface area contributed by atoms with Crippen LogP contribution in [0.5, 0.6) is 0 Å². The molecule has 0 aromatic carbocycles. The number of nitrogens with zero attached hydrogens (tertiary/aromatic N) is 1. The molecule has 0 aliphatic heterocycles. The highest BCUT2D eigenvalue weighted by atomic mass is 31.2. The molecule has 8 nitrogen and oxygen atoms in total. The number of aliphatic hydroxyl groups excluding tert-OH is 1. The molecule has 330 valence electrons. The zero-order valence-electron chi connectivity index (χ0n) is 37.3. The molecule has 0 rings (SSSR count). The molecular weight excluding hydrogens is 732 g/mol. The van der Waals surface area contributed by atoms with Crippen molar-refractivity contribution in [1.82, 2.24) is 5.32 Å². The van der Waals surface area contributed by atoms with Crippen molar-refractivity contribution in [2.24, 2.45) is 0 Å². The number of carbonyl (C=O) groups is 1. The van der Waals surface area contributed by atoms with E-state index in [0.717, 1.165) is 70.6 Å². The first-order chi connectivity index (χ1) is 27.5. The molecule has 0 aliphatic rings. The Morgan fingerprint density at radius 3 is 1.61 bits per heavy atom. The second-order valence-corrected chi connectivity index (χ2v) is 17.8. The minimum Gasteiger partial charge on any atom is -0.387 e. The molecule has 0 radical (unpaired) electrons. The van der Waals surface area contributed by atoms with Crippen LogP contribution in [0.4, 0.5) is 0 Å². The number of likely N-dealkylation sites (N-methyl/N-ethyl adjacent to an activating group) is 1. The summed E-state index contributed by atoms with van der Waals surface area (Å²) in [4.78, 5) is 23.1. The largest absolute Gasteiger partial charge is 0.472 e. The maximum Gasteiger partial charge on any atom is 0.472 e. The van der Waals surface area contributed by atoms with Gasteiger partial charge in [0.1, 0.15) is 13.2 Å². The van der Waals surface area contributed by atoms with Crippen LogP contribution in [0.2, 0.25) is 0 Å². The Morgan fingerprint density at radius 1 is 0.614 bits per heavy atom. The zero-order valence-corrected chi connectivity index (χ0v) is 38.2. The molecule has 57 heavy (non-hydrogen) atoms. The molecule has 0 fully saturated rings. The van der Waals surface area contributed by atoms with E-state index in [1.54, 1.807) is 6.08 Å². The van der Waals surface area contributed by atoms with Crippen LogP contribution in [-0.4, -0.2) is 73.4 Å². The lowest BCUT2D eigenvalue weighted by atomic mass is 10.0. The summed E-state index contributed by atoms with van der Waals surface area (Å²) in [5.41, 5.74) is 0. The molecule has 3 N–H and O–H groups in total. The number of phosphoric acid groups is 1. The third-order valence-corrected chi connectivity index (χ3v) is 10.6. The Labute approximate surface area is 351 Å². The zero-order chi connectivity index (χ0) is 42.1. The summed E-state index contributed by atoms with van der Waals surface area (Å²) in [7, 11) is 1.51. The highest BCUT2D eigenvalue weighted by Gasteiger charge is 2.27. The van der Waals surface area contributed by atoms with E-state index >= 15 is 0 Å². The summed E-state index contributed by atoms with van der Waals surface area (Å²) >= 11 is 0. The van der Waals surface area contributed by atoms with Gasteiger partial charge in [-0.25, -0.2) is 4.57 Å². The van der Waals surface area contributed by atoms with Gasteiger partial charge in [0.15, 0.2) is 0 Å². The van der Waals surface area contributed by atoms with Gasteiger partial charge in [0, 0.05) is 6.42 Å². The number of rotatable bonds is 40. The van der Waals surface area contributed by atoms with Crippen LogP contribution in [-0.2, 0) is 18.4 Å². The van der Waals surface area contributed by atoms with Crippen LogP contribution in [0, 0.1) is 0 Å². The lowest BCUT2D eigenvalue weighted by Crippen LogP contribution is -2.45. The van der Waals surface area contributed by atoms with Crippen molar-refractivity contribution in [1.29, 1.82) is 0 Å². The van der Waals surface area contributed by atoms with E-state index in [1.165, 1.54) is 83.5 Å². The van der Waals surface area contributed by atoms with E-state index in [9.17, 15) is 19.4 Å². The van der Waals surface area contributed by atoms with E-state index in [1.807, 2.05) is 27.2 Å². The quantitative estimate of drug-likeness (QED) is 0.0246. The fraction of sp³-hybridized carbons (Fsp3) is 0.729. The lowest BCUT2D eigenvalue weighted by molar-refractivity contribution is -0.870. The molecule has 0 saturated carbocycles. The molecule has 0 aliphatic carbocycles. The van der Waals surface area contributed by atoms with Gasteiger partial charge >= 0.3 is 7.82 Å². The molecule has 0 heterocycles. The molecule has 0 spiro atoms. The normalized spacial score (nSPS) is 15.0. The van der Waals surface area contributed by atoms with E-state index in [4.69, 9.17) is 9.05 Å². The van der Waals surface area contributed by atoms with E-state index < -0.39 is 20.0 Å². The van der Waals surface area contributed by atoms with Gasteiger partial charge in [-0.1, -0.05) is 164 Å². The molecule has 0 aromatic heterocycles. The van der Waals surface area contributed by atoms with Crippen molar-refractivity contribution in [2.45, 2.75) is 187 Å². The second-order valence-electron chi connectivity index (χ2n) is 16.4. The molecule has 0 saturated heterocycles. The third-order valence-electron chi connectivity index (χ3n) is 9.64. The third kappa shape index (κ3) is 41.9. The molecule has 1 amide bonds. The van der Waals surface area contributed by atoms with Gasteiger partial charge in [0.2, 0.25) is 5.91 Å². The van der Waals surface area contributed by atoms with Gasteiger partial charge in [-0.15, -0.1) is 0 Å². The predicted molar refractivity (Wildman–Crippen MR) is 244 cm³/mol. The van der Waals surface area contributed by atoms with Crippen molar-refractivity contribution < 1.29 is 32.9 Å². The van der Waals surface area contributed by atoms with Gasteiger partial charge in [0.25, 0.3) is 0 Å². The maximum absolute atomic E-state index is 12.8. The topological polar surface area (TPSA) is 105 Å². The van der Waals surface area contributed by atoms with Gasteiger partial charge in [0.05, 0.1) is 39.9 Å². The Kier molecular flexibility index (Phi) is 38.0. The van der Waals surface area contributed by atoms with Gasteiger partial charge in [-0.3, -0.25) is 13.8 Å². The average molecular weight is 820 g/mol. The van der Waals surface area contributed by atoms with Gasteiger partial charge < -0.3 is 19.8 Å². The summed E-state index contributed by atoms with van der Waals surface area (Å²) in [6.45, 7) is 4.63. The number of quaternary nitrogens is 1. The molecule has 0 aromatic rings. The van der Waals surface area contributed by atoms with Crippen LogP contribution >= 0.6 is 7.82 Å². The minimum atomic E-state index is -4.36. The summed E-state index contributed by atoms with van der Waals surface area (Å²) in [6, 6.07) is -0.887. The van der Waals surface area contributed by atoms with Crippen LogP contribution < -0.4 is 5.32 Å². The molecular formula is C48H88N2O6P+. The summed E-state index contributed by atoms with van der Waals surface area (Å²) in [5, 5.41) is 13.8. The van der Waals surface area contributed by atoms with E-state index in [-0.39, 0.29) is 19.1 Å². The van der Waals surface area contributed by atoms with Crippen LogP contribution in [0.25, 0.3) is 0 Å². The van der Waals surface area contributed by atoms with Crippen LogP contribution in [0.1, 0.15) is 174 Å². The summed E-state index contributed by atoms with van der Waals surface area (Å²) < 4.78 is 23.5. The monoisotopic (exact) mass is 820 g/mol. The fourth-order valence-electron chi connectivity index (χ4n) is 6.03. The van der Waals surface area contributed by atoms with Crippen LogP contribution in [0.3, 0.4) is 0 Å². The first-order valence-corrected chi connectivity index (χ1v) is 24.3. The Bertz CT molecular complexity index is 1160.